The van der Waals surface area contributed by atoms with E-state index in [1.165, 1.54) is 23.1 Å². The summed E-state index contributed by atoms with van der Waals surface area (Å²) >= 11 is 11.8. The van der Waals surface area contributed by atoms with Crippen molar-refractivity contribution in [1.29, 1.82) is 0 Å². The van der Waals surface area contributed by atoms with Gasteiger partial charge in [-0.05, 0) is 48.3 Å². The summed E-state index contributed by atoms with van der Waals surface area (Å²) in [7, 11) is 0. The molecule has 0 unspecified atom stereocenters. The van der Waals surface area contributed by atoms with Crippen LogP contribution in [0.2, 0.25) is 10.0 Å². The van der Waals surface area contributed by atoms with Gasteiger partial charge in [-0.1, -0.05) is 35.4 Å². The number of rotatable bonds is 6. The summed E-state index contributed by atoms with van der Waals surface area (Å²) in [5.41, 5.74) is 0.212. The van der Waals surface area contributed by atoms with E-state index in [-0.39, 0.29) is 59.0 Å². The highest BCUT2D eigenvalue weighted by molar-refractivity contribution is 6.36. The number of Topliss-reactive ketones (excluding diaryl/α,β-unsaturated/α-hetero) is 1. The van der Waals surface area contributed by atoms with Gasteiger partial charge in [0.2, 0.25) is 17.6 Å². The lowest BCUT2D eigenvalue weighted by atomic mass is 9.63. The third-order valence-electron chi connectivity index (χ3n) is 6.89. The molecule has 6 nitrogen and oxygen atoms in total. The van der Waals surface area contributed by atoms with Crippen molar-refractivity contribution in [3.8, 4) is 0 Å². The second-order valence-electron chi connectivity index (χ2n) is 8.44. The Labute approximate surface area is 183 Å². The largest absolute Gasteiger partial charge is 0.457 e. The average Bonchev–Trinajstić information content (AvgIpc) is 3.49. The molecule has 2 saturated carbocycles. The minimum Gasteiger partial charge on any atom is -0.457 e. The van der Waals surface area contributed by atoms with Crippen molar-refractivity contribution in [3.63, 3.8) is 0 Å². The fraction of sp³-hybridized carbons (Fsp3) is 0.455. The number of carbonyl (C=O) groups is 4. The first-order chi connectivity index (χ1) is 14.4. The fourth-order valence-electron chi connectivity index (χ4n) is 5.45. The lowest BCUT2D eigenvalue weighted by Gasteiger charge is -2.37. The van der Waals surface area contributed by atoms with Crippen LogP contribution in [0.3, 0.4) is 0 Å². The van der Waals surface area contributed by atoms with Crippen molar-refractivity contribution in [2.45, 2.75) is 12.8 Å². The van der Waals surface area contributed by atoms with E-state index in [9.17, 15) is 19.2 Å². The van der Waals surface area contributed by atoms with Crippen LogP contribution >= 0.6 is 23.2 Å². The molecule has 1 aliphatic heterocycles. The van der Waals surface area contributed by atoms with Crippen LogP contribution in [0.15, 0.2) is 30.4 Å². The molecule has 2 bridgehead atoms. The molecule has 0 spiro atoms. The Bertz CT molecular complexity index is 969. The molecular formula is C22H19Cl2NO5. The second-order valence-corrected chi connectivity index (χ2v) is 9.28. The number of esters is 1. The van der Waals surface area contributed by atoms with Crippen molar-refractivity contribution in [1.82, 2.24) is 4.90 Å². The maximum atomic E-state index is 12.9. The van der Waals surface area contributed by atoms with Gasteiger partial charge in [0.1, 0.15) is 0 Å². The van der Waals surface area contributed by atoms with Gasteiger partial charge in [-0.2, -0.15) is 0 Å². The third-order valence-corrected chi connectivity index (χ3v) is 7.44. The summed E-state index contributed by atoms with van der Waals surface area (Å²) in [6.45, 7) is -0.487. The summed E-state index contributed by atoms with van der Waals surface area (Å²) < 4.78 is 5.03. The highest BCUT2D eigenvalue weighted by Gasteiger charge is 2.66. The molecular weight excluding hydrogens is 429 g/mol. The topological polar surface area (TPSA) is 80.8 Å². The van der Waals surface area contributed by atoms with Gasteiger partial charge >= 0.3 is 5.97 Å². The van der Waals surface area contributed by atoms with Gasteiger partial charge in [0, 0.05) is 17.1 Å². The van der Waals surface area contributed by atoms with Gasteiger partial charge in [-0.25, -0.2) is 0 Å². The molecule has 0 radical (unpaired) electrons. The molecule has 3 fully saturated rings. The van der Waals surface area contributed by atoms with E-state index in [2.05, 4.69) is 12.2 Å². The van der Waals surface area contributed by atoms with E-state index in [1.54, 1.807) is 0 Å². The molecule has 6 atom stereocenters. The predicted molar refractivity (Wildman–Crippen MR) is 108 cm³/mol. The number of nitrogens with zero attached hydrogens (tertiary/aromatic N) is 1. The number of amides is 2. The number of halogens is 2. The van der Waals surface area contributed by atoms with Crippen LogP contribution in [0.4, 0.5) is 0 Å². The SMILES string of the molecule is O=C(CCN1C(=O)[C@@H]2[C@H]3C=C[C@H]([C@H]4C[C@H]34)[C@@H]2C1=O)OCC(=O)c1ccc(Cl)cc1Cl. The Morgan fingerprint density at radius 1 is 1.03 bits per heavy atom. The standard InChI is InChI=1S/C22H19Cl2NO5/c23-10-1-2-13(16(24)7-10)17(26)9-30-18(27)5-6-25-21(28)19-11-3-4-12(15-8-14(11)15)20(19)22(25)29/h1-4,7,11-12,14-15,19-20H,5-6,8-9H2/t11-,12+,14-,15-,19+,20-/m1/s1. The molecule has 4 aliphatic carbocycles. The Morgan fingerprint density at radius 2 is 1.67 bits per heavy atom. The monoisotopic (exact) mass is 447 g/mol. The minimum atomic E-state index is -0.646. The highest BCUT2D eigenvalue weighted by Crippen LogP contribution is 2.65. The number of likely N-dealkylation sites (tertiary alicyclic amines) is 1. The van der Waals surface area contributed by atoms with Crippen LogP contribution in [-0.4, -0.2) is 41.6 Å². The number of hydrogen-bond acceptors (Lipinski definition) is 5. The first kappa shape index (κ1) is 19.8. The average molecular weight is 448 g/mol. The number of carbonyl (C=O) groups excluding carboxylic acids is 4. The van der Waals surface area contributed by atoms with E-state index in [1.807, 2.05) is 0 Å². The zero-order chi connectivity index (χ0) is 21.2. The number of ether oxygens (including phenoxy) is 1. The quantitative estimate of drug-likeness (QED) is 0.289. The predicted octanol–water partition coefficient (Wildman–Crippen LogP) is 3.16. The van der Waals surface area contributed by atoms with Crippen molar-refractivity contribution in [2.75, 3.05) is 13.2 Å². The van der Waals surface area contributed by atoms with E-state index >= 15 is 0 Å². The molecule has 1 aromatic carbocycles. The maximum absolute atomic E-state index is 12.9. The zero-order valence-corrected chi connectivity index (χ0v) is 17.4. The van der Waals surface area contributed by atoms with Crippen LogP contribution in [0.25, 0.3) is 0 Å². The van der Waals surface area contributed by atoms with Crippen LogP contribution < -0.4 is 0 Å². The molecule has 0 N–H and O–H groups in total. The van der Waals surface area contributed by atoms with E-state index in [4.69, 9.17) is 27.9 Å². The summed E-state index contributed by atoms with van der Waals surface area (Å²) in [4.78, 5) is 51.3. The van der Waals surface area contributed by atoms with Crippen LogP contribution in [0, 0.1) is 35.5 Å². The molecule has 0 aromatic heterocycles. The van der Waals surface area contributed by atoms with Gasteiger partial charge in [-0.3, -0.25) is 24.1 Å². The van der Waals surface area contributed by atoms with Gasteiger partial charge in [-0.15, -0.1) is 0 Å². The lowest BCUT2D eigenvalue weighted by molar-refractivity contribution is -0.145. The Balaban J connectivity index is 1.16. The Kier molecular flexibility index (Phi) is 4.75. The third kappa shape index (κ3) is 3.08. The summed E-state index contributed by atoms with van der Waals surface area (Å²) in [5.74, 6) is -0.624. The maximum Gasteiger partial charge on any atom is 0.308 e. The second kappa shape index (κ2) is 7.20. The van der Waals surface area contributed by atoms with Crippen LogP contribution in [0.1, 0.15) is 23.2 Å². The zero-order valence-electron chi connectivity index (χ0n) is 15.9. The van der Waals surface area contributed by atoms with Crippen LogP contribution in [-0.2, 0) is 19.1 Å². The smallest absolute Gasteiger partial charge is 0.308 e. The van der Waals surface area contributed by atoms with Crippen molar-refractivity contribution >= 4 is 46.8 Å². The van der Waals surface area contributed by atoms with Gasteiger partial charge in [0.05, 0.1) is 23.3 Å². The lowest BCUT2D eigenvalue weighted by Crippen LogP contribution is -2.40. The highest BCUT2D eigenvalue weighted by atomic mass is 35.5. The van der Waals surface area contributed by atoms with Crippen LogP contribution in [0.5, 0.6) is 0 Å². The number of benzene rings is 1. The number of ketones is 1. The Morgan fingerprint density at radius 3 is 2.27 bits per heavy atom. The van der Waals surface area contributed by atoms with E-state index in [0.717, 1.165) is 6.42 Å². The van der Waals surface area contributed by atoms with Crippen molar-refractivity contribution in [3.05, 3.63) is 46.0 Å². The number of hydrogen-bond donors (Lipinski definition) is 0. The molecule has 8 heteroatoms. The summed E-state index contributed by atoms with van der Waals surface area (Å²) in [5, 5.41) is 0.579. The van der Waals surface area contributed by atoms with Crippen molar-refractivity contribution < 1.29 is 23.9 Å². The molecule has 6 rings (SSSR count). The molecule has 1 aromatic rings. The Hall–Kier alpha value is -2.18. The van der Waals surface area contributed by atoms with E-state index in [0.29, 0.717) is 16.9 Å². The first-order valence-corrected chi connectivity index (χ1v) is 10.8. The van der Waals surface area contributed by atoms with Gasteiger partial charge < -0.3 is 4.74 Å². The molecule has 1 saturated heterocycles. The van der Waals surface area contributed by atoms with E-state index < -0.39 is 18.4 Å². The first-order valence-electron chi connectivity index (χ1n) is 10.0. The van der Waals surface area contributed by atoms with Gasteiger partial charge in [0.15, 0.2) is 6.61 Å². The van der Waals surface area contributed by atoms with Gasteiger partial charge in [0.25, 0.3) is 0 Å². The number of imide groups is 1. The summed E-state index contributed by atoms with van der Waals surface area (Å²) in [6, 6.07) is 4.43. The molecule has 156 valence electrons. The minimum absolute atomic E-state index is 0.0197. The normalized spacial score (nSPS) is 32.8. The molecule has 5 aliphatic rings. The molecule has 1 heterocycles. The van der Waals surface area contributed by atoms with Crippen molar-refractivity contribution in [2.24, 2.45) is 35.5 Å². The summed E-state index contributed by atoms with van der Waals surface area (Å²) in [6.07, 6.45) is 5.18. The fourth-order valence-corrected chi connectivity index (χ4v) is 5.97. The number of allylic oxidation sites excluding steroid dienone is 2. The molecule has 30 heavy (non-hydrogen) atoms. The molecule has 2 amide bonds.